The number of nitriles is 1. The number of nitrogens with one attached hydrogen (secondary N) is 2. The molecule has 24 heavy (non-hydrogen) atoms. The predicted octanol–water partition coefficient (Wildman–Crippen LogP) is 1.83. The van der Waals surface area contributed by atoms with Gasteiger partial charge in [-0.1, -0.05) is 30.3 Å². The Morgan fingerprint density at radius 1 is 1.12 bits per heavy atom. The summed E-state index contributed by atoms with van der Waals surface area (Å²) in [6.45, 7) is 0.442. The summed E-state index contributed by atoms with van der Waals surface area (Å²) in [6.07, 6.45) is 2.01. The molecular weight excluding hydrogens is 300 g/mol. The van der Waals surface area contributed by atoms with Gasteiger partial charge in [0.05, 0.1) is 24.3 Å². The van der Waals surface area contributed by atoms with Crippen molar-refractivity contribution in [2.75, 3.05) is 11.6 Å². The number of hydrogen-bond donors (Lipinski definition) is 2. The number of rotatable bonds is 2. The Balaban J connectivity index is 1.80. The smallest absolute Gasteiger partial charge is 0.246 e. The monoisotopic (exact) mass is 316 g/mol. The minimum absolute atomic E-state index is 0.00490. The molecule has 1 amide bonds. The third kappa shape index (κ3) is 2.34. The molecule has 5 nitrogen and oxygen atoms in total. The molecule has 118 valence electrons. The molecule has 0 aliphatic carbocycles. The van der Waals surface area contributed by atoms with Gasteiger partial charge >= 0.3 is 0 Å². The van der Waals surface area contributed by atoms with E-state index in [1.54, 1.807) is 6.07 Å². The lowest BCUT2D eigenvalue weighted by Gasteiger charge is -2.33. The fourth-order valence-corrected chi connectivity index (χ4v) is 3.35. The first kappa shape index (κ1) is 14.5. The molecule has 0 radical (unpaired) electrons. The van der Waals surface area contributed by atoms with Crippen molar-refractivity contribution in [3.8, 4) is 6.07 Å². The lowest BCUT2D eigenvalue weighted by molar-refractivity contribution is -0.123. The van der Waals surface area contributed by atoms with Crippen LogP contribution < -0.4 is 15.5 Å². The van der Waals surface area contributed by atoms with E-state index in [-0.39, 0.29) is 18.0 Å². The second kappa shape index (κ2) is 5.84. The number of carbonyl (C=O) groups excluding carboxylic acids is 1. The third-order valence-corrected chi connectivity index (χ3v) is 4.46. The number of carbonyl (C=O) groups is 1. The van der Waals surface area contributed by atoms with Crippen molar-refractivity contribution in [2.24, 2.45) is 0 Å². The van der Waals surface area contributed by atoms with Gasteiger partial charge in [0.15, 0.2) is 0 Å². The van der Waals surface area contributed by atoms with Crippen LogP contribution in [0.5, 0.6) is 0 Å². The lowest BCUT2D eigenvalue weighted by atomic mass is 9.94. The second-order valence-corrected chi connectivity index (χ2v) is 5.86. The molecule has 2 aliphatic rings. The van der Waals surface area contributed by atoms with Crippen LogP contribution in [0.2, 0.25) is 0 Å². The van der Waals surface area contributed by atoms with E-state index in [0.29, 0.717) is 12.2 Å². The van der Waals surface area contributed by atoms with Crippen LogP contribution in [0.1, 0.15) is 11.1 Å². The van der Waals surface area contributed by atoms with Gasteiger partial charge in [-0.3, -0.25) is 10.1 Å². The van der Waals surface area contributed by atoms with Gasteiger partial charge in [-0.15, -0.1) is 0 Å². The first-order valence-electron chi connectivity index (χ1n) is 7.84. The molecule has 1 saturated heterocycles. The van der Waals surface area contributed by atoms with Crippen molar-refractivity contribution < 1.29 is 4.79 Å². The van der Waals surface area contributed by atoms with E-state index < -0.39 is 0 Å². The summed E-state index contributed by atoms with van der Waals surface area (Å²) in [7, 11) is 0. The zero-order chi connectivity index (χ0) is 16.5. The van der Waals surface area contributed by atoms with Crippen LogP contribution in [0, 0.1) is 11.3 Å². The highest BCUT2D eigenvalue weighted by Crippen LogP contribution is 2.35. The Bertz CT molecular complexity index is 853. The Morgan fingerprint density at radius 3 is 2.75 bits per heavy atom. The Kier molecular flexibility index (Phi) is 3.52. The average Bonchev–Trinajstić information content (AvgIpc) is 3.04. The maximum atomic E-state index is 12.5. The summed E-state index contributed by atoms with van der Waals surface area (Å²) < 4.78 is 0. The quantitative estimate of drug-likeness (QED) is 0.887. The molecule has 0 bridgehead atoms. The van der Waals surface area contributed by atoms with Crippen molar-refractivity contribution in [1.29, 1.82) is 5.26 Å². The Hall–Kier alpha value is -3.10. The van der Waals surface area contributed by atoms with Crippen LogP contribution in [-0.2, 0) is 4.79 Å². The van der Waals surface area contributed by atoms with Gasteiger partial charge in [-0.05, 0) is 35.4 Å². The van der Waals surface area contributed by atoms with Gasteiger partial charge in [0, 0.05) is 11.9 Å². The summed E-state index contributed by atoms with van der Waals surface area (Å²) >= 11 is 0. The Morgan fingerprint density at radius 2 is 1.96 bits per heavy atom. The van der Waals surface area contributed by atoms with Gasteiger partial charge in [-0.25, -0.2) is 0 Å². The summed E-state index contributed by atoms with van der Waals surface area (Å²) in [5.74, 6) is 0.00490. The molecule has 2 unspecified atom stereocenters. The fourth-order valence-electron chi connectivity index (χ4n) is 3.35. The van der Waals surface area contributed by atoms with Crippen molar-refractivity contribution in [3.63, 3.8) is 0 Å². The average molecular weight is 316 g/mol. The number of benzene rings is 2. The van der Waals surface area contributed by atoms with E-state index in [4.69, 9.17) is 5.26 Å². The van der Waals surface area contributed by atoms with Crippen LogP contribution in [0.15, 0.2) is 60.8 Å². The van der Waals surface area contributed by atoms with Crippen molar-refractivity contribution in [3.05, 3.63) is 71.9 Å². The first-order valence-corrected chi connectivity index (χ1v) is 7.84. The molecule has 2 aromatic rings. The fraction of sp³-hybridized carbons (Fsp3) is 0.158. The zero-order valence-electron chi connectivity index (χ0n) is 12.9. The highest BCUT2D eigenvalue weighted by Gasteiger charge is 2.43. The van der Waals surface area contributed by atoms with Crippen LogP contribution in [-0.4, -0.2) is 24.7 Å². The van der Waals surface area contributed by atoms with E-state index in [1.165, 1.54) is 0 Å². The normalized spacial score (nSPS) is 22.4. The molecule has 2 heterocycles. The standard InChI is InChI=1S/C19H16N4O/c20-10-13-5-4-6-14(9-13)16-11-23(15-7-2-1-3-8-15)18-17(16)21-12-22-19(18)24/h1-9,11,17-18,21H,12H2,(H,22,24). The molecule has 1 fully saturated rings. The molecule has 2 atom stereocenters. The molecule has 4 rings (SSSR count). The minimum atomic E-state index is -0.332. The Labute approximate surface area is 140 Å². The number of para-hydroxylation sites is 1. The van der Waals surface area contributed by atoms with Gasteiger partial charge in [0.1, 0.15) is 6.04 Å². The van der Waals surface area contributed by atoms with Gasteiger partial charge in [0.2, 0.25) is 5.91 Å². The van der Waals surface area contributed by atoms with Crippen LogP contribution in [0.4, 0.5) is 5.69 Å². The molecule has 2 N–H and O–H groups in total. The number of anilines is 1. The maximum absolute atomic E-state index is 12.5. The molecule has 5 heteroatoms. The summed E-state index contributed by atoms with van der Waals surface area (Å²) in [5, 5.41) is 15.4. The second-order valence-electron chi connectivity index (χ2n) is 5.86. The lowest BCUT2D eigenvalue weighted by Crippen LogP contribution is -2.61. The molecule has 2 aliphatic heterocycles. The molecule has 0 spiro atoms. The van der Waals surface area contributed by atoms with E-state index in [0.717, 1.165) is 16.8 Å². The SMILES string of the molecule is N#Cc1cccc(C2=CN(c3ccccc3)C3C(=O)NCNC23)c1. The van der Waals surface area contributed by atoms with Crippen molar-refractivity contribution >= 4 is 17.2 Å². The van der Waals surface area contributed by atoms with E-state index in [1.807, 2.05) is 59.6 Å². The highest BCUT2D eigenvalue weighted by atomic mass is 16.2. The van der Waals surface area contributed by atoms with Gasteiger partial charge < -0.3 is 10.2 Å². The molecule has 0 saturated carbocycles. The number of fused-ring (bicyclic) bond motifs is 1. The van der Waals surface area contributed by atoms with Crippen LogP contribution >= 0.6 is 0 Å². The number of amides is 1. The van der Waals surface area contributed by atoms with E-state index >= 15 is 0 Å². The summed E-state index contributed by atoms with van der Waals surface area (Å²) in [5.41, 5.74) is 3.57. The number of hydrogen-bond acceptors (Lipinski definition) is 4. The third-order valence-electron chi connectivity index (χ3n) is 4.46. The van der Waals surface area contributed by atoms with Crippen molar-refractivity contribution in [1.82, 2.24) is 10.6 Å². The summed E-state index contributed by atoms with van der Waals surface area (Å²) in [4.78, 5) is 14.5. The van der Waals surface area contributed by atoms with Crippen LogP contribution in [0.3, 0.4) is 0 Å². The zero-order valence-corrected chi connectivity index (χ0v) is 12.9. The number of nitrogens with zero attached hydrogens (tertiary/aromatic N) is 2. The van der Waals surface area contributed by atoms with E-state index in [9.17, 15) is 4.79 Å². The maximum Gasteiger partial charge on any atom is 0.246 e. The topological polar surface area (TPSA) is 68.2 Å². The van der Waals surface area contributed by atoms with Crippen LogP contribution in [0.25, 0.3) is 5.57 Å². The first-order chi connectivity index (χ1) is 11.8. The van der Waals surface area contributed by atoms with Gasteiger partial charge in [0.25, 0.3) is 0 Å². The molecule has 0 aromatic heterocycles. The van der Waals surface area contributed by atoms with Crippen molar-refractivity contribution in [2.45, 2.75) is 12.1 Å². The highest BCUT2D eigenvalue weighted by molar-refractivity contribution is 5.95. The van der Waals surface area contributed by atoms with Gasteiger partial charge in [-0.2, -0.15) is 5.26 Å². The van der Waals surface area contributed by atoms with E-state index in [2.05, 4.69) is 16.7 Å². The molecule has 2 aromatic carbocycles. The predicted molar refractivity (Wildman–Crippen MR) is 91.8 cm³/mol. The summed E-state index contributed by atoms with van der Waals surface area (Å²) in [6, 6.07) is 19.1. The molecular formula is C19H16N4O. The largest absolute Gasteiger partial charge is 0.342 e. The minimum Gasteiger partial charge on any atom is -0.342 e.